The molecule has 0 spiro atoms. The Labute approximate surface area is 150 Å². The zero-order chi connectivity index (χ0) is 17.9. The Morgan fingerprint density at radius 1 is 1.19 bits per heavy atom. The fourth-order valence-electron chi connectivity index (χ4n) is 3.21. The molecule has 1 aromatic heterocycles. The van der Waals surface area contributed by atoms with Crippen molar-refractivity contribution in [2.45, 2.75) is 19.1 Å². The summed E-state index contributed by atoms with van der Waals surface area (Å²) >= 11 is 0. The summed E-state index contributed by atoms with van der Waals surface area (Å²) in [6.07, 6.45) is 1.55. The first-order valence-electron chi connectivity index (χ1n) is 8.65. The second kappa shape index (κ2) is 7.11. The highest BCUT2D eigenvalue weighted by molar-refractivity contribution is 5.89. The molecule has 0 bridgehead atoms. The zero-order valence-corrected chi connectivity index (χ0v) is 14.2. The molecule has 2 atom stereocenters. The molecule has 1 saturated heterocycles. The molecule has 2 aromatic rings. The summed E-state index contributed by atoms with van der Waals surface area (Å²) in [6.45, 7) is 1.52. The Hall–Kier alpha value is -2.96. The van der Waals surface area contributed by atoms with Gasteiger partial charge in [0.15, 0.2) is 11.5 Å². The highest BCUT2D eigenvalue weighted by Gasteiger charge is 2.35. The summed E-state index contributed by atoms with van der Waals surface area (Å²) in [5, 5.41) is 2.88. The van der Waals surface area contributed by atoms with E-state index >= 15 is 0 Å². The number of rotatable bonds is 5. The van der Waals surface area contributed by atoms with Gasteiger partial charge in [-0.25, -0.2) is 0 Å². The standard InChI is InChI=1S/C19H20N2O5/c22-18-8-13(10-21(18)11-14-4-3-7-24-14)19(23)20-9-15-12-25-16-5-1-2-6-17(16)26-15/h1-7,13,15H,8-12H2,(H,20,23)/t13-,15-/m1/s1. The van der Waals surface area contributed by atoms with Gasteiger partial charge < -0.3 is 24.1 Å². The lowest BCUT2D eigenvalue weighted by Crippen LogP contribution is -2.43. The molecule has 7 heteroatoms. The van der Waals surface area contributed by atoms with E-state index < -0.39 is 0 Å². The predicted molar refractivity (Wildman–Crippen MR) is 91.6 cm³/mol. The van der Waals surface area contributed by atoms with Crippen molar-refractivity contribution in [3.05, 3.63) is 48.4 Å². The average Bonchev–Trinajstić information content (AvgIpc) is 3.30. The number of carbonyl (C=O) groups is 2. The molecule has 3 heterocycles. The minimum Gasteiger partial charge on any atom is -0.486 e. The van der Waals surface area contributed by atoms with E-state index in [0.717, 1.165) is 0 Å². The number of carbonyl (C=O) groups excluding carboxylic acids is 2. The number of benzene rings is 1. The lowest BCUT2D eigenvalue weighted by Gasteiger charge is -2.26. The van der Waals surface area contributed by atoms with Crippen LogP contribution in [-0.4, -0.2) is 42.5 Å². The first kappa shape index (κ1) is 16.5. The van der Waals surface area contributed by atoms with Gasteiger partial charge in [0.05, 0.1) is 25.3 Å². The summed E-state index contributed by atoms with van der Waals surface area (Å²) in [7, 11) is 0. The number of amides is 2. The van der Waals surface area contributed by atoms with Crippen molar-refractivity contribution >= 4 is 11.8 Å². The molecule has 0 radical (unpaired) electrons. The molecule has 0 unspecified atom stereocenters. The number of likely N-dealkylation sites (tertiary alicyclic amines) is 1. The van der Waals surface area contributed by atoms with Gasteiger partial charge in [-0.1, -0.05) is 12.1 Å². The van der Waals surface area contributed by atoms with Gasteiger partial charge in [0.1, 0.15) is 18.5 Å². The quantitative estimate of drug-likeness (QED) is 0.880. The van der Waals surface area contributed by atoms with Crippen molar-refractivity contribution in [1.82, 2.24) is 10.2 Å². The van der Waals surface area contributed by atoms with E-state index in [2.05, 4.69) is 5.32 Å². The topological polar surface area (TPSA) is 81.0 Å². The van der Waals surface area contributed by atoms with Gasteiger partial charge in [0, 0.05) is 13.0 Å². The smallest absolute Gasteiger partial charge is 0.225 e. The second-order valence-corrected chi connectivity index (χ2v) is 6.50. The summed E-state index contributed by atoms with van der Waals surface area (Å²) in [4.78, 5) is 26.2. The lowest BCUT2D eigenvalue weighted by molar-refractivity contribution is -0.129. The number of hydrogen-bond acceptors (Lipinski definition) is 5. The lowest BCUT2D eigenvalue weighted by atomic mass is 10.1. The van der Waals surface area contributed by atoms with Crippen LogP contribution in [0.2, 0.25) is 0 Å². The van der Waals surface area contributed by atoms with Crippen LogP contribution in [0, 0.1) is 5.92 Å². The zero-order valence-electron chi connectivity index (χ0n) is 14.2. The SMILES string of the molecule is O=C(NC[C@@H]1COc2ccccc2O1)[C@@H]1CC(=O)N(Cc2ccco2)C1. The largest absolute Gasteiger partial charge is 0.486 e. The summed E-state index contributed by atoms with van der Waals surface area (Å²) in [6, 6.07) is 11.0. The molecule has 2 amide bonds. The van der Waals surface area contributed by atoms with Crippen LogP contribution in [-0.2, 0) is 16.1 Å². The third kappa shape index (κ3) is 3.51. The van der Waals surface area contributed by atoms with Crippen LogP contribution >= 0.6 is 0 Å². The Balaban J connectivity index is 1.27. The Morgan fingerprint density at radius 2 is 2.04 bits per heavy atom. The first-order valence-corrected chi connectivity index (χ1v) is 8.65. The summed E-state index contributed by atoms with van der Waals surface area (Å²) < 4.78 is 16.7. The van der Waals surface area contributed by atoms with Crippen LogP contribution < -0.4 is 14.8 Å². The molecular formula is C19H20N2O5. The van der Waals surface area contributed by atoms with Crippen LogP contribution in [0.4, 0.5) is 0 Å². The molecule has 26 heavy (non-hydrogen) atoms. The van der Waals surface area contributed by atoms with Crippen molar-refractivity contribution < 1.29 is 23.5 Å². The number of hydrogen-bond donors (Lipinski definition) is 1. The van der Waals surface area contributed by atoms with Crippen LogP contribution in [0.25, 0.3) is 0 Å². The van der Waals surface area contributed by atoms with Crippen LogP contribution in [0.5, 0.6) is 11.5 Å². The van der Waals surface area contributed by atoms with Crippen molar-refractivity contribution in [2.24, 2.45) is 5.92 Å². The molecule has 0 saturated carbocycles. The van der Waals surface area contributed by atoms with Crippen LogP contribution in [0.1, 0.15) is 12.2 Å². The second-order valence-electron chi connectivity index (χ2n) is 6.50. The maximum Gasteiger partial charge on any atom is 0.225 e. The number of ether oxygens (including phenoxy) is 2. The Morgan fingerprint density at radius 3 is 2.85 bits per heavy atom. The van der Waals surface area contributed by atoms with Gasteiger partial charge in [-0.2, -0.15) is 0 Å². The van der Waals surface area contributed by atoms with E-state index in [1.54, 1.807) is 17.2 Å². The first-order chi connectivity index (χ1) is 12.7. The molecule has 4 rings (SSSR count). The van der Waals surface area contributed by atoms with E-state index in [9.17, 15) is 9.59 Å². The van der Waals surface area contributed by atoms with E-state index in [-0.39, 0.29) is 30.3 Å². The molecule has 1 N–H and O–H groups in total. The minimum atomic E-state index is -0.353. The minimum absolute atomic E-state index is 0.0345. The van der Waals surface area contributed by atoms with Gasteiger partial charge >= 0.3 is 0 Å². The molecule has 1 aromatic carbocycles. The fourth-order valence-corrected chi connectivity index (χ4v) is 3.21. The normalized spacial score (nSPS) is 21.7. The van der Waals surface area contributed by atoms with Gasteiger partial charge in [-0.15, -0.1) is 0 Å². The number of furan rings is 1. The molecule has 1 fully saturated rings. The molecule has 2 aliphatic heterocycles. The number of nitrogens with one attached hydrogen (secondary N) is 1. The fraction of sp³-hybridized carbons (Fsp3) is 0.368. The number of para-hydroxylation sites is 2. The van der Waals surface area contributed by atoms with Crippen LogP contribution in [0.15, 0.2) is 47.1 Å². The van der Waals surface area contributed by atoms with Gasteiger partial charge in [-0.05, 0) is 24.3 Å². The van der Waals surface area contributed by atoms with Crippen molar-refractivity contribution in [1.29, 1.82) is 0 Å². The van der Waals surface area contributed by atoms with E-state index in [1.165, 1.54) is 0 Å². The van der Waals surface area contributed by atoms with Crippen molar-refractivity contribution in [3.8, 4) is 11.5 Å². The molecule has 7 nitrogen and oxygen atoms in total. The molecule has 2 aliphatic rings. The van der Waals surface area contributed by atoms with E-state index in [0.29, 0.717) is 43.5 Å². The maximum atomic E-state index is 12.4. The predicted octanol–water partition coefficient (Wildman–Crippen LogP) is 1.58. The van der Waals surface area contributed by atoms with Crippen LogP contribution in [0.3, 0.4) is 0 Å². The van der Waals surface area contributed by atoms with Crippen molar-refractivity contribution in [2.75, 3.05) is 19.7 Å². The van der Waals surface area contributed by atoms with E-state index in [1.807, 2.05) is 30.3 Å². The van der Waals surface area contributed by atoms with E-state index in [4.69, 9.17) is 13.9 Å². The van der Waals surface area contributed by atoms with Crippen molar-refractivity contribution in [3.63, 3.8) is 0 Å². The number of fused-ring (bicyclic) bond motifs is 1. The monoisotopic (exact) mass is 356 g/mol. The summed E-state index contributed by atoms with van der Waals surface area (Å²) in [5.41, 5.74) is 0. The maximum absolute atomic E-state index is 12.4. The molecule has 136 valence electrons. The third-order valence-electron chi connectivity index (χ3n) is 4.58. The Kier molecular flexibility index (Phi) is 4.51. The Bertz CT molecular complexity index is 789. The highest BCUT2D eigenvalue weighted by Crippen LogP contribution is 2.30. The van der Waals surface area contributed by atoms with Gasteiger partial charge in [-0.3, -0.25) is 9.59 Å². The molecular weight excluding hydrogens is 336 g/mol. The number of nitrogens with zero attached hydrogens (tertiary/aromatic N) is 1. The van der Waals surface area contributed by atoms with Gasteiger partial charge in [0.2, 0.25) is 11.8 Å². The summed E-state index contributed by atoms with van der Waals surface area (Å²) in [5.74, 6) is 1.58. The third-order valence-corrected chi connectivity index (χ3v) is 4.58. The van der Waals surface area contributed by atoms with Gasteiger partial charge in [0.25, 0.3) is 0 Å². The average molecular weight is 356 g/mol. The molecule has 0 aliphatic carbocycles. The highest BCUT2D eigenvalue weighted by atomic mass is 16.6.